The van der Waals surface area contributed by atoms with Crippen molar-refractivity contribution in [2.75, 3.05) is 18.0 Å². The topological polar surface area (TPSA) is 64.3 Å². The number of hydrogen-bond donors (Lipinski definition) is 1. The van der Waals surface area contributed by atoms with Crippen molar-refractivity contribution in [1.29, 1.82) is 0 Å². The highest BCUT2D eigenvalue weighted by atomic mass is 16.5. The average Bonchev–Trinajstić information content (AvgIpc) is 2.96. The molecule has 1 atom stereocenters. The van der Waals surface area contributed by atoms with Crippen LogP contribution in [0.15, 0.2) is 6.33 Å². The van der Waals surface area contributed by atoms with Crippen molar-refractivity contribution in [1.82, 2.24) is 9.97 Å². The SMILES string of the molecule is NCC1CCCN1c1ncnc2c1COC2. The standard InChI is InChI=1S/C11H16N4O/c12-4-8-2-1-3-15(8)11-9-5-16-6-10(9)13-7-14-11/h7-8H,1-6,12H2. The van der Waals surface area contributed by atoms with Crippen LogP contribution in [-0.2, 0) is 18.0 Å². The van der Waals surface area contributed by atoms with Crippen LogP contribution in [0.2, 0.25) is 0 Å². The van der Waals surface area contributed by atoms with Crippen LogP contribution < -0.4 is 10.6 Å². The Hall–Kier alpha value is -1.20. The third-order valence-electron chi connectivity index (χ3n) is 3.42. The van der Waals surface area contributed by atoms with E-state index in [1.54, 1.807) is 6.33 Å². The zero-order valence-corrected chi connectivity index (χ0v) is 9.22. The summed E-state index contributed by atoms with van der Waals surface area (Å²) in [5.41, 5.74) is 7.98. The van der Waals surface area contributed by atoms with Crippen molar-refractivity contribution < 1.29 is 4.74 Å². The van der Waals surface area contributed by atoms with Gasteiger partial charge in [0.2, 0.25) is 0 Å². The van der Waals surface area contributed by atoms with Gasteiger partial charge in [-0.1, -0.05) is 0 Å². The molecule has 86 valence electrons. The molecular weight excluding hydrogens is 204 g/mol. The molecule has 5 nitrogen and oxygen atoms in total. The number of ether oxygens (including phenoxy) is 1. The Balaban J connectivity index is 1.97. The summed E-state index contributed by atoms with van der Waals surface area (Å²) in [6.45, 7) is 3.00. The molecule has 1 unspecified atom stereocenters. The Morgan fingerprint density at radius 3 is 3.25 bits per heavy atom. The maximum Gasteiger partial charge on any atom is 0.138 e. The van der Waals surface area contributed by atoms with Crippen molar-refractivity contribution in [3.05, 3.63) is 17.6 Å². The van der Waals surface area contributed by atoms with E-state index in [1.807, 2.05) is 0 Å². The zero-order valence-electron chi connectivity index (χ0n) is 9.22. The third-order valence-corrected chi connectivity index (χ3v) is 3.42. The minimum Gasteiger partial charge on any atom is -0.370 e. The molecule has 2 aliphatic heterocycles. The van der Waals surface area contributed by atoms with Gasteiger partial charge in [0.1, 0.15) is 12.1 Å². The summed E-state index contributed by atoms with van der Waals surface area (Å²) >= 11 is 0. The monoisotopic (exact) mass is 220 g/mol. The van der Waals surface area contributed by atoms with Crippen LogP contribution in [0, 0.1) is 0 Å². The maximum atomic E-state index is 5.79. The quantitative estimate of drug-likeness (QED) is 0.783. The molecule has 16 heavy (non-hydrogen) atoms. The fraction of sp³-hybridized carbons (Fsp3) is 0.636. The number of rotatable bonds is 2. The van der Waals surface area contributed by atoms with E-state index in [0.717, 1.165) is 30.0 Å². The van der Waals surface area contributed by atoms with Crippen molar-refractivity contribution in [3.8, 4) is 0 Å². The fourth-order valence-corrected chi connectivity index (χ4v) is 2.57. The van der Waals surface area contributed by atoms with Gasteiger partial charge in [0.05, 0.1) is 18.9 Å². The van der Waals surface area contributed by atoms with E-state index in [4.69, 9.17) is 10.5 Å². The summed E-state index contributed by atoms with van der Waals surface area (Å²) in [7, 11) is 0. The van der Waals surface area contributed by atoms with Crippen molar-refractivity contribution in [2.45, 2.75) is 32.1 Å². The smallest absolute Gasteiger partial charge is 0.138 e. The summed E-state index contributed by atoms with van der Waals surface area (Å²) in [6, 6.07) is 0.430. The average molecular weight is 220 g/mol. The van der Waals surface area contributed by atoms with E-state index in [2.05, 4.69) is 14.9 Å². The van der Waals surface area contributed by atoms with Crippen LogP contribution in [-0.4, -0.2) is 29.1 Å². The Bertz CT molecular complexity index is 396. The molecule has 5 heteroatoms. The highest BCUT2D eigenvalue weighted by molar-refractivity contribution is 5.51. The maximum absolute atomic E-state index is 5.79. The minimum absolute atomic E-state index is 0.430. The summed E-state index contributed by atoms with van der Waals surface area (Å²) in [4.78, 5) is 11.0. The second-order valence-electron chi connectivity index (χ2n) is 4.34. The van der Waals surface area contributed by atoms with Crippen molar-refractivity contribution >= 4 is 5.82 Å². The van der Waals surface area contributed by atoms with Gasteiger partial charge in [-0.2, -0.15) is 0 Å². The van der Waals surface area contributed by atoms with Gasteiger partial charge in [-0.15, -0.1) is 0 Å². The molecule has 2 N–H and O–H groups in total. The van der Waals surface area contributed by atoms with Crippen LogP contribution in [0.3, 0.4) is 0 Å². The predicted octanol–water partition coefficient (Wildman–Crippen LogP) is 0.434. The lowest BCUT2D eigenvalue weighted by Crippen LogP contribution is -2.36. The molecule has 0 radical (unpaired) electrons. The Morgan fingerprint density at radius 2 is 2.38 bits per heavy atom. The van der Waals surface area contributed by atoms with Crippen LogP contribution in [0.5, 0.6) is 0 Å². The number of hydrogen-bond acceptors (Lipinski definition) is 5. The van der Waals surface area contributed by atoms with Gasteiger partial charge in [0.15, 0.2) is 0 Å². The molecule has 1 aromatic rings. The molecule has 0 aliphatic carbocycles. The van der Waals surface area contributed by atoms with E-state index in [1.165, 1.54) is 6.42 Å². The van der Waals surface area contributed by atoms with Gasteiger partial charge < -0.3 is 15.4 Å². The summed E-state index contributed by atoms with van der Waals surface area (Å²) in [5, 5.41) is 0. The molecule has 0 bridgehead atoms. The first-order valence-electron chi connectivity index (χ1n) is 5.77. The highest BCUT2D eigenvalue weighted by Crippen LogP contribution is 2.30. The third kappa shape index (κ3) is 1.47. The largest absolute Gasteiger partial charge is 0.370 e. The van der Waals surface area contributed by atoms with Crippen LogP contribution in [0.4, 0.5) is 5.82 Å². The van der Waals surface area contributed by atoms with Gasteiger partial charge in [-0.25, -0.2) is 9.97 Å². The molecule has 1 fully saturated rings. The molecule has 1 saturated heterocycles. The molecule has 3 heterocycles. The number of fused-ring (bicyclic) bond motifs is 1. The highest BCUT2D eigenvalue weighted by Gasteiger charge is 2.29. The molecule has 0 saturated carbocycles. The second kappa shape index (κ2) is 3.99. The molecular formula is C11H16N4O. The Kier molecular flexibility index (Phi) is 2.49. The summed E-state index contributed by atoms with van der Waals surface area (Å²) < 4.78 is 5.42. The van der Waals surface area contributed by atoms with E-state index >= 15 is 0 Å². The van der Waals surface area contributed by atoms with Gasteiger partial charge in [-0.05, 0) is 12.8 Å². The van der Waals surface area contributed by atoms with Crippen LogP contribution in [0.25, 0.3) is 0 Å². The summed E-state index contributed by atoms with van der Waals surface area (Å²) in [6.07, 6.45) is 3.99. The number of aromatic nitrogens is 2. The van der Waals surface area contributed by atoms with Gasteiger partial charge in [-0.3, -0.25) is 0 Å². The first-order valence-corrected chi connectivity index (χ1v) is 5.77. The van der Waals surface area contributed by atoms with Crippen LogP contribution >= 0.6 is 0 Å². The summed E-state index contributed by atoms with van der Waals surface area (Å²) in [5.74, 6) is 1.04. The number of nitrogens with two attached hydrogens (primary N) is 1. The molecule has 0 spiro atoms. The van der Waals surface area contributed by atoms with Crippen molar-refractivity contribution in [3.63, 3.8) is 0 Å². The fourth-order valence-electron chi connectivity index (χ4n) is 2.57. The Morgan fingerprint density at radius 1 is 1.44 bits per heavy atom. The van der Waals surface area contributed by atoms with Gasteiger partial charge in [0.25, 0.3) is 0 Å². The lowest BCUT2D eigenvalue weighted by Gasteiger charge is -2.25. The lowest BCUT2D eigenvalue weighted by molar-refractivity contribution is 0.133. The number of nitrogens with zero attached hydrogens (tertiary/aromatic N) is 3. The van der Waals surface area contributed by atoms with E-state index in [0.29, 0.717) is 25.8 Å². The molecule has 3 rings (SSSR count). The van der Waals surface area contributed by atoms with E-state index in [9.17, 15) is 0 Å². The number of anilines is 1. The van der Waals surface area contributed by atoms with Crippen LogP contribution in [0.1, 0.15) is 24.1 Å². The lowest BCUT2D eigenvalue weighted by atomic mass is 10.2. The molecule has 2 aliphatic rings. The predicted molar refractivity (Wildman–Crippen MR) is 59.9 cm³/mol. The second-order valence-corrected chi connectivity index (χ2v) is 4.34. The minimum atomic E-state index is 0.430. The molecule has 1 aromatic heterocycles. The van der Waals surface area contributed by atoms with Gasteiger partial charge in [0, 0.05) is 24.7 Å². The van der Waals surface area contributed by atoms with E-state index in [-0.39, 0.29) is 0 Å². The van der Waals surface area contributed by atoms with Crippen molar-refractivity contribution in [2.24, 2.45) is 5.73 Å². The normalized spacial score (nSPS) is 23.8. The first kappa shape index (κ1) is 9.99. The first-order chi connectivity index (χ1) is 7.90. The zero-order chi connectivity index (χ0) is 11.0. The van der Waals surface area contributed by atoms with Gasteiger partial charge >= 0.3 is 0 Å². The van der Waals surface area contributed by atoms with E-state index < -0.39 is 0 Å². The molecule has 0 aromatic carbocycles. The molecule has 0 amide bonds. The Labute approximate surface area is 94.6 Å².